The Morgan fingerprint density at radius 3 is 1.60 bits per heavy atom. The van der Waals surface area contributed by atoms with Crippen LogP contribution in [-0.2, 0) is 0 Å². The molecule has 9 aromatic carbocycles. The lowest BCUT2D eigenvalue weighted by Gasteiger charge is -2.20. The Morgan fingerprint density at radius 1 is 0.277 bits per heavy atom. The van der Waals surface area contributed by atoms with E-state index in [1.54, 1.807) is 0 Å². The molecule has 47 heavy (non-hydrogen) atoms. The van der Waals surface area contributed by atoms with Crippen molar-refractivity contribution in [2.24, 2.45) is 0 Å². The smallest absolute Gasteiger partial charge is 0.0362 e. The lowest BCUT2D eigenvalue weighted by molar-refractivity contribution is 1.65. The molecule has 0 saturated carbocycles. The summed E-state index contributed by atoms with van der Waals surface area (Å²) in [5.74, 6) is 0. The van der Waals surface area contributed by atoms with Gasteiger partial charge in [0.15, 0.2) is 0 Å². The monoisotopic (exact) mass is 612 g/mol. The fraction of sp³-hybridized carbons (Fsp3) is 0. The van der Waals surface area contributed by atoms with Crippen molar-refractivity contribution in [1.82, 2.24) is 0 Å². The summed E-state index contributed by atoms with van der Waals surface area (Å²) in [5.41, 5.74) is 7.61. The van der Waals surface area contributed by atoms with E-state index in [2.05, 4.69) is 170 Å². The Kier molecular flexibility index (Phi) is 5.85. The van der Waals surface area contributed by atoms with Gasteiger partial charge in [0.2, 0.25) is 0 Å². The van der Waals surface area contributed by atoms with Gasteiger partial charge in [0, 0.05) is 20.2 Å². The normalized spacial score (nSPS) is 11.8. The summed E-state index contributed by atoms with van der Waals surface area (Å²) < 4.78 is 2.67. The van der Waals surface area contributed by atoms with Crippen molar-refractivity contribution < 1.29 is 0 Å². The highest BCUT2D eigenvalue weighted by atomic mass is 32.1. The molecule has 10 rings (SSSR count). The largest absolute Gasteiger partial charge is 0.135 e. The fourth-order valence-corrected chi connectivity index (χ4v) is 8.88. The van der Waals surface area contributed by atoms with Gasteiger partial charge in [-0.15, -0.1) is 11.3 Å². The van der Waals surface area contributed by atoms with Gasteiger partial charge in [-0.25, -0.2) is 0 Å². The minimum Gasteiger partial charge on any atom is -0.135 e. The molecule has 1 heteroatoms. The van der Waals surface area contributed by atoms with Crippen LogP contribution < -0.4 is 0 Å². The highest BCUT2D eigenvalue weighted by Gasteiger charge is 2.19. The summed E-state index contributed by atoms with van der Waals surface area (Å²) in [6, 6.07) is 62.8. The maximum Gasteiger partial charge on any atom is 0.0362 e. The molecule has 0 spiro atoms. The number of hydrogen-bond acceptors (Lipinski definition) is 1. The highest BCUT2D eigenvalue weighted by Crippen LogP contribution is 2.47. The summed E-state index contributed by atoms with van der Waals surface area (Å²) in [5, 5.41) is 12.9. The van der Waals surface area contributed by atoms with Crippen LogP contribution in [-0.4, -0.2) is 0 Å². The Balaban J connectivity index is 1.30. The van der Waals surface area contributed by atoms with E-state index >= 15 is 0 Å². The van der Waals surface area contributed by atoms with Gasteiger partial charge in [-0.2, -0.15) is 0 Å². The first kappa shape index (κ1) is 26.5. The fourth-order valence-electron chi connectivity index (χ4n) is 7.76. The molecule has 0 aliphatic rings. The Morgan fingerprint density at radius 2 is 0.851 bits per heavy atom. The molecule has 0 aliphatic carbocycles. The molecule has 0 bridgehead atoms. The van der Waals surface area contributed by atoms with Gasteiger partial charge >= 0.3 is 0 Å². The first-order valence-corrected chi connectivity index (χ1v) is 17.0. The number of rotatable bonds is 3. The van der Waals surface area contributed by atoms with Crippen molar-refractivity contribution in [3.8, 4) is 33.4 Å². The Hall–Kier alpha value is -5.76. The molecule has 0 atom stereocenters. The van der Waals surface area contributed by atoms with Gasteiger partial charge in [0.05, 0.1) is 0 Å². The molecule has 10 aromatic rings. The summed E-state index contributed by atoms with van der Waals surface area (Å²) in [7, 11) is 0. The zero-order valence-electron chi connectivity index (χ0n) is 25.6. The van der Waals surface area contributed by atoms with Gasteiger partial charge in [0.25, 0.3) is 0 Å². The molecular formula is C46H28S. The molecule has 0 amide bonds. The number of thiophene rings is 1. The lowest BCUT2D eigenvalue weighted by atomic mass is 9.83. The molecule has 0 unspecified atom stereocenters. The zero-order valence-corrected chi connectivity index (χ0v) is 26.4. The van der Waals surface area contributed by atoms with Crippen LogP contribution in [0, 0.1) is 0 Å². The van der Waals surface area contributed by atoms with E-state index in [0.717, 1.165) is 0 Å². The third-order valence-electron chi connectivity index (χ3n) is 9.81. The molecule has 0 radical (unpaired) electrons. The van der Waals surface area contributed by atoms with Crippen molar-refractivity contribution in [2.75, 3.05) is 0 Å². The second kappa shape index (κ2) is 10.4. The molecule has 1 aromatic heterocycles. The minimum absolute atomic E-state index is 1.24. The van der Waals surface area contributed by atoms with Gasteiger partial charge in [0.1, 0.15) is 0 Å². The summed E-state index contributed by atoms with van der Waals surface area (Å²) >= 11 is 1.89. The molecule has 0 saturated heterocycles. The third-order valence-corrected chi connectivity index (χ3v) is 10.9. The molecule has 0 aliphatic heterocycles. The van der Waals surface area contributed by atoms with E-state index in [9.17, 15) is 0 Å². The second-order valence-electron chi connectivity index (χ2n) is 12.4. The summed E-state index contributed by atoms with van der Waals surface area (Å²) in [4.78, 5) is 0. The maximum atomic E-state index is 2.45. The third kappa shape index (κ3) is 4.07. The zero-order chi connectivity index (χ0) is 30.9. The van der Waals surface area contributed by atoms with Crippen LogP contribution in [0.25, 0.3) is 96.6 Å². The van der Waals surface area contributed by atoms with E-state index in [4.69, 9.17) is 0 Å². The maximum absolute atomic E-state index is 2.45. The van der Waals surface area contributed by atoms with E-state index in [-0.39, 0.29) is 0 Å². The van der Waals surface area contributed by atoms with Crippen LogP contribution >= 0.6 is 11.3 Å². The minimum atomic E-state index is 1.24. The van der Waals surface area contributed by atoms with Crippen molar-refractivity contribution in [2.45, 2.75) is 0 Å². The average Bonchev–Trinajstić information content (AvgIpc) is 3.50. The quantitative estimate of drug-likeness (QED) is 0.174. The Labute approximate surface area is 276 Å². The number of benzene rings is 9. The predicted octanol–water partition coefficient (Wildman–Crippen LogP) is 13.7. The standard InChI is InChI=1S/C46H28S/c1-2-13-29(14-3-1)45-36-19-6-8-21-38(36)46(39-22-9-7-20-37(39)45)42-27-32(25-30-15-4-5-17-33(30)42)34-23-12-16-31-26-41-35-18-10-11-24-43(35)47-44(41)28-40(31)34/h1-28H. The summed E-state index contributed by atoms with van der Waals surface area (Å²) in [6.45, 7) is 0. The molecule has 1 heterocycles. The summed E-state index contributed by atoms with van der Waals surface area (Å²) in [6.07, 6.45) is 0. The topological polar surface area (TPSA) is 0 Å². The SMILES string of the molecule is c1ccc(-c2c3ccccc3c(-c3cc(-c4cccc5cc6c(cc45)sc4ccccc46)cc4ccccc34)c3ccccc23)cc1. The van der Waals surface area contributed by atoms with E-state index < -0.39 is 0 Å². The van der Waals surface area contributed by atoms with Crippen LogP contribution in [0.4, 0.5) is 0 Å². The van der Waals surface area contributed by atoms with Crippen molar-refractivity contribution in [1.29, 1.82) is 0 Å². The molecule has 0 nitrogen and oxygen atoms in total. The van der Waals surface area contributed by atoms with Crippen molar-refractivity contribution in [3.63, 3.8) is 0 Å². The number of fused-ring (bicyclic) bond motifs is 7. The van der Waals surface area contributed by atoms with Crippen LogP contribution in [0.15, 0.2) is 170 Å². The predicted molar refractivity (Wildman–Crippen MR) is 206 cm³/mol. The first-order chi connectivity index (χ1) is 23.3. The van der Waals surface area contributed by atoms with Gasteiger partial charge in [-0.3, -0.25) is 0 Å². The van der Waals surface area contributed by atoms with Crippen LogP contribution in [0.5, 0.6) is 0 Å². The van der Waals surface area contributed by atoms with E-state index in [1.165, 1.54) is 96.6 Å². The Bertz CT molecular complexity index is 2780. The van der Waals surface area contributed by atoms with Crippen LogP contribution in [0.2, 0.25) is 0 Å². The molecule has 218 valence electrons. The van der Waals surface area contributed by atoms with Gasteiger partial charge in [-0.05, 0) is 107 Å². The first-order valence-electron chi connectivity index (χ1n) is 16.2. The molecule has 0 N–H and O–H groups in total. The van der Waals surface area contributed by atoms with Crippen LogP contribution in [0.1, 0.15) is 0 Å². The highest BCUT2D eigenvalue weighted by molar-refractivity contribution is 7.25. The molecular weight excluding hydrogens is 585 g/mol. The van der Waals surface area contributed by atoms with E-state index in [0.29, 0.717) is 0 Å². The lowest BCUT2D eigenvalue weighted by Crippen LogP contribution is -1.92. The van der Waals surface area contributed by atoms with Crippen molar-refractivity contribution in [3.05, 3.63) is 170 Å². The number of hydrogen-bond donors (Lipinski definition) is 0. The average molecular weight is 613 g/mol. The van der Waals surface area contributed by atoms with Gasteiger partial charge in [-0.1, -0.05) is 140 Å². The van der Waals surface area contributed by atoms with Crippen molar-refractivity contribution >= 4 is 74.6 Å². The second-order valence-corrected chi connectivity index (χ2v) is 13.5. The molecule has 0 fully saturated rings. The van der Waals surface area contributed by atoms with E-state index in [1.807, 2.05) is 11.3 Å². The van der Waals surface area contributed by atoms with Crippen LogP contribution in [0.3, 0.4) is 0 Å². The van der Waals surface area contributed by atoms with Gasteiger partial charge < -0.3 is 0 Å².